The molecule has 0 bridgehead atoms. The largest absolute Gasteiger partial charge is 0.318 e. The highest BCUT2D eigenvalue weighted by Gasteiger charge is 2.11. The lowest BCUT2D eigenvalue weighted by Gasteiger charge is -2.10. The third-order valence-electron chi connectivity index (χ3n) is 4.24. The van der Waals surface area contributed by atoms with Crippen molar-refractivity contribution in [3.63, 3.8) is 0 Å². The Kier molecular flexibility index (Phi) is 4.95. The number of hydrogen-bond acceptors (Lipinski definition) is 4. The molecule has 1 aromatic heterocycles. The molecule has 3 rings (SSSR count). The molecule has 6 nitrogen and oxygen atoms in total. The summed E-state index contributed by atoms with van der Waals surface area (Å²) in [4.78, 5) is 4.54. The van der Waals surface area contributed by atoms with Gasteiger partial charge in [0.2, 0.25) is 10.0 Å². The summed E-state index contributed by atoms with van der Waals surface area (Å²) in [5, 5.41) is 14.0. The van der Waals surface area contributed by atoms with E-state index in [0.29, 0.717) is 5.56 Å². The standard InChI is InChI=1S/C20H18N4O2S/c1-14-11-17(13-23-18-5-3-16(12-21)4-6-18)15(2)24(14)19-7-9-20(10-8-19)27(22,25)26/h3-11,13H,1-2H3,(H2,22,25,26). The smallest absolute Gasteiger partial charge is 0.238 e. The van der Waals surface area contributed by atoms with Gasteiger partial charge >= 0.3 is 0 Å². The molecule has 0 aliphatic carbocycles. The number of nitrogens with two attached hydrogens (primary N) is 1. The first kappa shape index (κ1) is 18.6. The van der Waals surface area contributed by atoms with Crippen LogP contribution in [0.5, 0.6) is 0 Å². The first-order valence-electron chi connectivity index (χ1n) is 8.16. The molecular weight excluding hydrogens is 360 g/mol. The van der Waals surface area contributed by atoms with Crippen LogP contribution in [0.3, 0.4) is 0 Å². The average Bonchev–Trinajstić information content (AvgIpc) is 2.93. The summed E-state index contributed by atoms with van der Waals surface area (Å²) in [6, 6.07) is 17.6. The second kappa shape index (κ2) is 7.19. The van der Waals surface area contributed by atoms with E-state index in [-0.39, 0.29) is 4.90 Å². The van der Waals surface area contributed by atoms with Crippen molar-refractivity contribution in [2.75, 3.05) is 0 Å². The lowest BCUT2D eigenvalue weighted by atomic mass is 10.2. The minimum atomic E-state index is -3.71. The van der Waals surface area contributed by atoms with Crippen molar-refractivity contribution in [1.29, 1.82) is 5.26 Å². The summed E-state index contributed by atoms with van der Waals surface area (Å²) in [6.07, 6.45) is 1.78. The Morgan fingerprint density at radius 2 is 1.70 bits per heavy atom. The van der Waals surface area contributed by atoms with Crippen LogP contribution in [0.1, 0.15) is 22.5 Å². The predicted octanol–water partition coefficient (Wildman–Crippen LogP) is 3.36. The maximum absolute atomic E-state index is 11.4. The van der Waals surface area contributed by atoms with Crippen molar-refractivity contribution >= 4 is 21.9 Å². The average molecular weight is 378 g/mol. The number of aliphatic imine (C=N–C) groups is 1. The second-order valence-electron chi connectivity index (χ2n) is 6.12. The van der Waals surface area contributed by atoms with Gasteiger partial charge in [-0.2, -0.15) is 5.26 Å². The molecule has 27 heavy (non-hydrogen) atoms. The zero-order chi connectivity index (χ0) is 19.6. The fourth-order valence-electron chi connectivity index (χ4n) is 2.87. The summed E-state index contributed by atoms with van der Waals surface area (Å²) in [7, 11) is -3.71. The van der Waals surface area contributed by atoms with E-state index in [2.05, 4.69) is 11.1 Å². The highest BCUT2D eigenvalue weighted by molar-refractivity contribution is 7.89. The summed E-state index contributed by atoms with van der Waals surface area (Å²) in [6.45, 7) is 3.94. The lowest BCUT2D eigenvalue weighted by molar-refractivity contribution is 0.598. The number of aryl methyl sites for hydroxylation is 1. The molecule has 1 heterocycles. The summed E-state index contributed by atoms with van der Waals surface area (Å²) in [5.41, 5.74) is 5.12. The Labute approximate surface area is 158 Å². The minimum absolute atomic E-state index is 0.0799. The number of nitrogens with zero attached hydrogens (tertiary/aromatic N) is 3. The molecule has 0 unspecified atom stereocenters. The predicted molar refractivity (Wildman–Crippen MR) is 105 cm³/mol. The van der Waals surface area contributed by atoms with Crippen LogP contribution >= 0.6 is 0 Å². The second-order valence-corrected chi connectivity index (χ2v) is 7.68. The maximum Gasteiger partial charge on any atom is 0.238 e. The van der Waals surface area contributed by atoms with Gasteiger partial charge in [-0.1, -0.05) is 0 Å². The van der Waals surface area contributed by atoms with Crippen molar-refractivity contribution in [2.24, 2.45) is 10.1 Å². The van der Waals surface area contributed by atoms with Crippen LogP contribution in [0.4, 0.5) is 5.69 Å². The zero-order valence-electron chi connectivity index (χ0n) is 14.9. The number of benzene rings is 2. The van der Waals surface area contributed by atoms with E-state index in [1.807, 2.05) is 24.5 Å². The topological polar surface area (TPSA) is 101 Å². The molecule has 0 radical (unpaired) electrons. The van der Waals surface area contributed by atoms with Gasteiger partial charge in [-0.25, -0.2) is 13.6 Å². The SMILES string of the molecule is Cc1cc(C=Nc2ccc(C#N)cc2)c(C)n1-c1ccc(S(N)(=O)=O)cc1. The Morgan fingerprint density at radius 1 is 1.07 bits per heavy atom. The fraction of sp³-hybridized carbons (Fsp3) is 0.100. The van der Waals surface area contributed by atoms with Crippen LogP contribution in [-0.2, 0) is 10.0 Å². The summed E-state index contributed by atoms with van der Waals surface area (Å²) < 4.78 is 24.9. The number of aromatic nitrogens is 1. The van der Waals surface area contributed by atoms with Gasteiger partial charge in [0.05, 0.1) is 22.2 Å². The minimum Gasteiger partial charge on any atom is -0.318 e. The third-order valence-corrected chi connectivity index (χ3v) is 5.17. The van der Waals surface area contributed by atoms with Gasteiger partial charge in [-0.15, -0.1) is 0 Å². The Balaban J connectivity index is 1.92. The first-order chi connectivity index (χ1) is 12.8. The molecule has 0 amide bonds. The van der Waals surface area contributed by atoms with Gasteiger partial charge < -0.3 is 4.57 Å². The summed E-state index contributed by atoms with van der Waals surface area (Å²) >= 11 is 0. The van der Waals surface area contributed by atoms with E-state index in [0.717, 1.165) is 28.3 Å². The van der Waals surface area contributed by atoms with Gasteiger partial charge in [-0.3, -0.25) is 4.99 Å². The van der Waals surface area contributed by atoms with Gasteiger partial charge in [0, 0.05) is 28.9 Å². The van der Waals surface area contributed by atoms with Crippen molar-refractivity contribution in [2.45, 2.75) is 18.7 Å². The van der Waals surface area contributed by atoms with Crippen LogP contribution < -0.4 is 5.14 Å². The van der Waals surface area contributed by atoms with Gasteiger partial charge in [0.1, 0.15) is 0 Å². The molecule has 7 heteroatoms. The quantitative estimate of drug-likeness (QED) is 0.704. The molecule has 0 aliphatic heterocycles. The normalized spacial score (nSPS) is 11.6. The number of hydrogen-bond donors (Lipinski definition) is 1. The zero-order valence-corrected chi connectivity index (χ0v) is 15.7. The Morgan fingerprint density at radius 3 is 2.26 bits per heavy atom. The molecule has 2 N–H and O–H groups in total. The number of rotatable bonds is 4. The fourth-order valence-corrected chi connectivity index (χ4v) is 3.38. The van der Waals surface area contributed by atoms with Crippen LogP contribution in [0.25, 0.3) is 5.69 Å². The molecule has 0 atom stereocenters. The third kappa shape index (κ3) is 3.97. The van der Waals surface area contributed by atoms with E-state index >= 15 is 0 Å². The van der Waals surface area contributed by atoms with Gasteiger partial charge in [-0.05, 0) is 68.4 Å². The van der Waals surface area contributed by atoms with Gasteiger partial charge in [0.15, 0.2) is 0 Å². The molecule has 0 fully saturated rings. The molecule has 0 aliphatic rings. The summed E-state index contributed by atoms with van der Waals surface area (Å²) in [5.74, 6) is 0. The van der Waals surface area contributed by atoms with E-state index in [9.17, 15) is 8.42 Å². The van der Waals surface area contributed by atoms with Crippen molar-refractivity contribution in [3.8, 4) is 11.8 Å². The van der Waals surface area contributed by atoms with Gasteiger partial charge in [0.25, 0.3) is 0 Å². The maximum atomic E-state index is 11.4. The highest BCUT2D eigenvalue weighted by Crippen LogP contribution is 2.22. The van der Waals surface area contributed by atoms with Crippen LogP contribution in [-0.4, -0.2) is 19.2 Å². The van der Waals surface area contributed by atoms with E-state index in [1.54, 1.807) is 42.6 Å². The molecule has 3 aromatic rings. The highest BCUT2D eigenvalue weighted by atomic mass is 32.2. The van der Waals surface area contributed by atoms with Crippen LogP contribution in [0.15, 0.2) is 64.5 Å². The van der Waals surface area contributed by atoms with E-state index in [1.165, 1.54) is 12.1 Å². The van der Waals surface area contributed by atoms with E-state index in [4.69, 9.17) is 10.4 Å². The first-order valence-corrected chi connectivity index (χ1v) is 9.70. The number of primary sulfonamides is 1. The monoisotopic (exact) mass is 378 g/mol. The van der Waals surface area contributed by atoms with Crippen molar-refractivity contribution < 1.29 is 8.42 Å². The van der Waals surface area contributed by atoms with Crippen molar-refractivity contribution in [1.82, 2.24) is 4.57 Å². The number of sulfonamides is 1. The lowest BCUT2D eigenvalue weighted by Crippen LogP contribution is -2.12. The Bertz CT molecular complexity index is 1150. The van der Waals surface area contributed by atoms with Crippen LogP contribution in [0, 0.1) is 25.2 Å². The molecular formula is C20H18N4O2S. The van der Waals surface area contributed by atoms with E-state index < -0.39 is 10.0 Å². The molecule has 0 saturated carbocycles. The van der Waals surface area contributed by atoms with Crippen molar-refractivity contribution in [3.05, 3.63) is 77.1 Å². The molecule has 0 saturated heterocycles. The van der Waals surface area contributed by atoms with Crippen LogP contribution in [0.2, 0.25) is 0 Å². The number of nitriles is 1. The molecule has 2 aromatic carbocycles. The molecule has 136 valence electrons. The molecule has 0 spiro atoms. The Hall–Kier alpha value is -3.21.